The van der Waals surface area contributed by atoms with Gasteiger partial charge in [0.1, 0.15) is 5.75 Å². The van der Waals surface area contributed by atoms with Crippen LogP contribution in [0.1, 0.15) is 18.4 Å². The van der Waals surface area contributed by atoms with Crippen LogP contribution < -0.4 is 15.4 Å². The second-order valence-corrected chi connectivity index (χ2v) is 8.24. The van der Waals surface area contributed by atoms with Gasteiger partial charge in [-0.15, -0.1) is 0 Å². The van der Waals surface area contributed by atoms with E-state index in [2.05, 4.69) is 49.9 Å². The lowest BCUT2D eigenvalue weighted by molar-refractivity contribution is 0.243. The number of nitrogens with zero attached hydrogens (tertiary/aromatic N) is 3. The van der Waals surface area contributed by atoms with E-state index in [0.717, 1.165) is 10.9 Å². The van der Waals surface area contributed by atoms with Crippen molar-refractivity contribution in [1.29, 1.82) is 0 Å². The third-order valence-corrected chi connectivity index (χ3v) is 5.95. The number of carbonyl (C=O) groups excluding carboxylic acids is 1. The van der Waals surface area contributed by atoms with Gasteiger partial charge in [0.15, 0.2) is 0 Å². The summed E-state index contributed by atoms with van der Waals surface area (Å²) < 4.78 is 10.8. The summed E-state index contributed by atoms with van der Waals surface area (Å²) in [6.45, 7) is 0.684. The Morgan fingerprint density at radius 3 is 2.79 bits per heavy atom. The fraction of sp³-hybridized carbons (Fsp3) is 0.240. The monoisotopic (exact) mass is 443 g/mol. The first kappa shape index (κ1) is 21.0. The molecule has 2 N–H and O–H groups in total. The van der Waals surface area contributed by atoms with Crippen molar-refractivity contribution in [3.63, 3.8) is 0 Å². The first-order valence-electron chi connectivity index (χ1n) is 10.8. The maximum absolute atomic E-state index is 12.5. The number of hydrogen-bond donors (Lipinski definition) is 2. The van der Waals surface area contributed by atoms with E-state index in [1.807, 2.05) is 43.4 Å². The largest absolute Gasteiger partial charge is 0.497 e. The fourth-order valence-corrected chi connectivity index (χ4v) is 4.26. The number of aromatic nitrogens is 2. The van der Waals surface area contributed by atoms with Crippen LogP contribution in [0.25, 0.3) is 22.2 Å². The zero-order valence-corrected chi connectivity index (χ0v) is 18.5. The third-order valence-electron chi connectivity index (χ3n) is 5.95. The zero-order valence-electron chi connectivity index (χ0n) is 18.5. The Balaban J connectivity index is 1.24. The molecule has 2 atom stereocenters. The quantitative estimate of drug-likeness (QED) is 0.473. The average Bonchev–Trinajstić information content (AvgIpc) is 3.45. The number of nitrogens with one attached hydrogen (secondary N) is 2. The van der Waals surface area contributed by atoms with Crippen molar-refractivity contribution < 1.29 is 14.1 Å². The molecule has 0 saturated carbocycles. The third kappa shape index (κ3) is 4.51. The summed E-state index contributed by atoms with van der Waals surface area (Å²) in [6, 6.07) is 21.2. The first-order chi connectivity index (χ1) is 16.1. The predicted molar refractivity (Wildman–Crippen MR) is 126 cm³/mol. The van der Waals surface area contributed by atoms with Crippen molar-refractivity contribution in [1.82, 2.24) is 20.4 Å². The van der Waals surface area contributed by atoms with Gasteiger partial charge in [-0.1, -0.05) is 47.6 Å². The minimum Gasteiger partial charge on any atom is -0.497 e. The van der Waals surface area contributed by atoms with Gasteiger partial charge < -0.3 is 19.9 Å². The number of likely N-dealkylation sites (N-methyl/N-ethyl adjacent to an activating group) is 1. The number of urea groups is 1. The number of anilines is 1. The maximum atomic E-state index is 12.5. The first-order valence-corrected chi connectivity index (χ1v) is 10.8. The van der Waals surface area contributed by atoms with Gasteiger partial charge >= 0.3 is 6.03 Å². The molecule has 0 aliphatic carbocycles. The number of benzene rings is 3. The molecule has 1 aliphatic heterocycles. The number of rotatable bonds is 5. The molecule has 1 aliphatic rings. The summed E-state index contributed by atoms with van der Waals surface area (Å²) in [5, 5.41) is 12.4. The zero-order chi connectivity index (χ0) is 22.8. The Labute approximate surface area is 191 Å². The SMILES string of the molecule is COc1cccc(NC(=O)N[C@H]2C[C@@H](c3nc(-c4ccc5ccccc5c4)no3)N(C)C2)c1. The molecule has 2 heterocycles. The van der Waals surface area contributed by atoms with Crippen molar-refractivity contribution in [3.05, 3.63) is 72.6 Å². The molecule has 0 spiro atoms. The van der Waals surface area contributed by atoms with Gasteiger partial charge in [0, 0.05) is 29.9 Å². The molecule has 33 heavy (non-hydrogen) atoms. The van der Waals surface area contributed by atoms with E-state index in [-0.39, 0.29) is 18.1 Å². The van der Waals surface area contributed by atoms with Gasteiger partial charge in [0.2, 0.25) is 11.7 Å². The summed E-state index contributed by atoms with van der Waals surface area (Å²) in [4.78, 5) is 19.3. The summed E-state index contributed by atoms with van der Waals surface area (Å²) in [5.74, 6) is 1.81. The topological polar surface area (TPSA) is 92.5 Å². The lowest BCUT2D eigenvalue weighted by Crippen LogP contribution is -2.39. The lowest BCUT2D eigenvalue weighted by atomic mass is 10.1. The normalized spacial score (nSPS) is 18.4. The molecule has 4 aromatic rings. The Hall–Kier alpha value is -3.91. The fourth-order valence-electron chi connectivity index (χ4n) is 4.26. The molecule has 8 nitrogen and oxygen atoms in total. The summed E-state index contributed by atoms with van der Waals surface area (Å²) in [7, 11) is 3.59. The van der Waals surface area contributed by atoms with E-state index in [1.54, 1.807) is 13.2 Å². The van der Waals surface area contributed by atoms with Crippen LogP contribution in [0, 0.1) is 0 Å². The molecule has 1 fully saturated rings. The van der Waals surface area contributed by atoms with Crippen LogP contribution in [-0.4, -0.2) is 47.8 Å². The number of methoxy groups -OCH3 is 1. The second-order valence-electron chi connectivity index (χ2n) is 8.24. The van der Waals surface area contributed by atoms with E-state index in [0.29, 0.717) is 36.1 Å². The van der Waals surface area contributed by atoms with Crippen LogP contribution in [0.15, 0.2) is 71.3 Å². The van der Waals surface area contributed by atoms with Gasteiger partial charge in [-0.05, 0) is 42.4 Å². The van der Waals surface area contributed by atoms with Gasteiger partial charge in [-0.3, -0.25) is 4.90 Å². The van der Waals surface area contributed by atoms with E-state index >= 15 is 0 Å². The lowest BCUT2D eigenvalue weighted by Gasteiger charge is -2.14. The summed E-state index contributed by atoms with van der Waals surface area (Å²) in [5.41, 5.74) is 1.59. The molecule has 1 saturated heterocycles. The highest BCUT2D eigenvalue weighted by atomic mass is 16.5. The molecule has 0 radical (unpaired) electrons. The van der Waals surface area contributed by atoms with Crippen LogP contribution >= 0.6 is 0 Å². The standard InChI is InChI=1S/C25H25N5O3/c1-30-15-20(27-25(31)26-19-8-5-9-21(13-19)32-2)14-22(30)24-28-23(29-33-24)18-11-10-16-6-3-4-7-17(16)12-18/h3-13,20,22H,14-15H2,1-2H3,(H2,26,27,31)/t20-,22-/m0/s1. The summed E-state index contributed by atoms with van der Waals surface area (Å²) in [6.07, 6.45) is 0.682. The van der Waals surface area contributed by atoms with Crippen LogP contribution in [0.5, 0.6) is 5.75 Å². The van der Waals surface area contributed by atoms with Crippen LogP contribution in [0.2, 0.25) is 0 Å². The van der Waals surface area contributed by atoms with Gasteiger partial charge in [0.25, 0.3) is 0 Å². The van der Waals surface area contributed by atoms with Gasteiger partial charge in [-0.2, -0.15) is 4.98 Å². The molecule has 0 unspecified atom stereocenters. The molecule has 8 heteroatoms. The Bertz CT molecular complexity index is 1290. The molecular weight excluding hydrogens is 418 g/mol. The molecular formula is C25H25N5O3. The minimum atomic E-state index is -0.260. The Morgan fingerprint density at radius 2 is 1.94 bits per heavy atom. The van der Waals surface area contributed by atoms with Crippen LogP contribution in [0.4, 0.5) is 10.5 Å². The van der Waals surface area contributed by atoms with Crippen molar-refractivity contribution in [2.24, 2.45) is 0 Å². The van der Waals surface area contributed by atoms with Gasteiger partial charge in [-0.25, -0.2) is 4.79 Å². The predicted octanol–water partition coefficient (Wildman–Crippen LogP) is 4.47. The van der Waals surface area contributed by atoms with Crippen molar-refractivity contribution in [2.75, 3.05) is 26.0 Å². The van der Waals surface area contributed by atoms with Crippen molar-refractivity contribution >= 4 is 22.5 Å². The maximum Gasteiger partial charge on any atom is 0.319 e. The summed E-state index contributed by atoms with van der Waals surface area (Å²) >= 11 is 0. The van der Waals surface area contributed by atoms with Crippen molar-refractivity contribution in [3.8, 4) is 17.1 Å². The molecule has 0 bridgehead atoms. The van der Waals surface area contributed by atoms with Crippen LogP contribution in [-0.2, 0) is 0 Å². The van der Waals surface area contributed by atoms with Crippen LogP contribution in [0.3, 0.4) is 0 Å². The van der Waals surface area contributed by atoms with Gasteiger partial charge in [0.05, 0.1) is 13.2 Å². The highest BCUT2D eigenvalue weighted by molar-refractivity contribution is 5.89. The molecule has 5 rings (SSSR count). The minimum absolute atomic E-state index is 0.0402. The van der Waals surface area contributed by atoms with E-state index < -0.39 is 0 Å². The van der Waals surface area contributed by atoms with E-state index in [4.69, 9.17) is 9.26 Å². The second kappa shape index (κ2) is 8.91. The molecule has 3 aromatic carbocycles. The average molecular weight is 444 g/mol. The number of carbonyl (C=O) groups is 1. The number of likely N-dealkylation sites (tertiary alicyclic amines) is 1. The number of ether oxygens (including phenoxy) is 1. The van der Waals surface area contributed by atoms with E-state index in [1.165, 1.54) is 5.39 Å². The Morgan fingerprint density at radius 1 is 1.09 bits per heavy atom. The van der Waals surface area contributed by atoms with E-state index in [9.17, 15) is 4.79 Å². The highest BCUT2D eigenvalue weighted by Gasteiger charge is 2.35. The molecule has 1 aromatic heterocycles. The number of fused-ring (bicyclic) bond motifs is 1. The Kier molecular flexibility index (Phi) is 5.66. The van der Waals surface area contributed by atoms with Crippen molar-refractivity contribution in [2.45, 2.75) is 18.5 Å². The smallest absolute Gasteiger partial charge is 0.319 e. The molecule has 2 amide bonds. The highest BCUT2D eigenvalue weighted by Crippen LogP contribution is 2.31. The molecule has 168 valence electrons. The number of hydrogen-bond acceptors (Lipinski definition) is 6. The number of amides is 2.